The van der Waals surface area contributed by atoms with E-state index in [2.05, 4.69) is 10.3 Å². The van der Waals surface area contributed by atoms with E-state index in [0.29, 0.717) is 16.6 Å². The van der Waals surface area contributed by atoms with Gasteiger partial charge in [-0.1, -0.05) is 43.3 Å². The largest absolute Gasteiger partial charge is 0.345 e. The summed E-state index contributed by atoms with van der Waals surface area (Å²) in [4.78, 5) is 17.1. The molecular formula is C24H21F2N3O. The molecule has 3 aromatic carbocycles. The van der Waals surface area contributed by atoms with Gasteiger partial charge in [0.15, 0.2) is 0 Å². The highest BCUT2D eigenvalue weighted by molar-refractivity contribution is 5.97. The monoisotopic (exact) mass is 405 g/mol. The first kappa shape index (κ1) is 19.8. The van der Waals surface area contributed by atoms with Crippen LogP contribution in [0.2, 0.25) is 0 Å². The normalized spacial score (nSPS) is 12.1. The van der Waals surface area contributed by atoms with Gasteiger partial charge in [0, 0.05) is 17.2 Å². The zero-order valence-corrected chi connectivity index (χ0v) is 16.5. The Morgan fingerprint density at radius 1 is 1.07 bits per heavy atom. The van der Waals surface area contributed by atoms with Gasteiger partial charge in [-0.3, -0.25) is 4.79 Å². The maximum atomic E-state index is 14.0. The van der Waals surface area contributed by atoms with Gasteiger partial charge >= 0.3 is 0 Å². The van der Waals surface area contributed by atoms with E-state index in [9.17, 15) is 13.6 Å². The Morgan fingerprint density at radius 2 is 1.87 bits per heavy atom. The second-order valence-electron chi connectivity index (χ2n) is 7.16. The van der Waals surface area contributed by atoms with Gasteiger partial charge in [0.25, 0.3) is 5.91 Å². The van der Waals surface area contributed by atoms with Crippen LogP contribution in [0.1, 0.15) is 40.9 Å². The number of carbonyl (C=O) groups is 1. The Kier molecular flexibility index (Phi) is 5.57. The van der Waals surface area contributed by atoms with E-state index in [1.54, 1.807) is 29.1 Å². The summed E-state index contributed by atoms with van der Waals surface area (Å²) in [6.45, 7) is 2.25. The van der Waals surface area contributed by atoms with Crippen molar-refractivity contribution in [2.24, 2.45) is 0 Å². The number of aromatic nitrogens is 2. The van der Waals surface area contributed by atoms with Crippen LogP contribution in [-0.2, 0) is 6.54 Å². The molecule has 1 N–H and O–H groups in total. The second kappa shape index (κ2) is 8.45. The molecule has 152 valence electrons. The third kappa shape index (κ3) is 4.08. The molecule has 1 aromatic heterocycles. The Balaban J connectivity index is 1.55. The minimum atomic E-state index is -0.608. The highest BCUT2D eigenvalue weighted by Gasteiger charge is 2.15. The van der Waals surface area contributed by atoms with Gasteiger partial charge in [0.05, 0.1) is 29.9 Å². The highest BCUT2D eigenvalue weighted by Crippen LogP contribution is 2.20. The van der Waals surface area contributed by atoms with Gasteiger partial charge in [-0.25, -0.2) is 13.8 Å². The smallest absolute Gasteiger partial charge is 0.251 e. The second-order valence-corrected chi connectivity index (χ2v) is 7.16. The van der Waals surface area contributed by atoms with Crippen LogP contribution in [0.3, 0.4) is 0 Å². The molecule has 0 aliphatic heterocycles. The molecular weight excluding hydrogens is 384 g/mol. The number of hydrogen-bond donors (Lipinski definition) is 1. The van der Waals surface area contributed by atoms with E-state index in [1.165, 1.54) is 12.1 Å². The van der Waals surface area contributed by atoms with Crippen LogP contribution in [0, 0.1) is 11.6 Å². The quantitative estimate of drug-likeness (QED) is 0.477. The van der Waals surface area contributed by atoms with E-state index >= 15 is 0 Å². The summed E-state index contributed by atoms with van der Waals surface area (Å²) in [5.74, 6) is -1.38. The number of halogens is 2. The van der Waals surface area contributed by atoms with Crippen LogP contribution < -0.4 is 5.32 Å². The topological polar surface area (TPSA) is 46.9 Å². The third-order valence-electron chi connectivity index (χ3n) is 5.15. The molecule has 0 spiro atoms. The molecule has 0 radical (unpaired) electrons. The highest BCUT2D eigenvalue weighted by atomic mass is 19.1. The summed E-state index contributed by atoms with van der Waals surface area (Å²) in [6.07, 6.45) is 2.36. The fourth-order valence-electron chi connectivity index (χ4n) is 3.51. The molecule has 0 fully saturated rings. The number of fused-ring (bicyclic) bond motifs is 1. The van der Waals surface area contributed by atoms with E-state index in [-0.39, 0.29) is 18.5 Å². The Hall–Kier alpha value is -3.54. The molecule has 0 bridgehead atoms. The zero-order chi connectivity index (χ0) is 21.1. The first-order valence-corrected chi connectivity index (χ1v) is 9.79. The number of carbonyl (C=O) groups excluding carboxylic acids is 1. The van der Waals surface area contributed by atoms with Crippen molar-refractivity contribution < 1.29 is 13.6 Å². The fraction of sp³-hybridized carbons (Fsp3) is 0.167. The number of amides is 1. The van der Waals surface area contributed by atoms with Crippen molar-refractivity contribution in [1.29, 1.82) is 0 Å². The number of rotatable bonds is 6. The zero-order valence-electron chi connectivity index (χ0n) is 16.5. The van der Waals surface area contributed by atoms with Gasteiger partial charge in [-0.05, 0) is 36.2 Å². The van der Waals surface area contributed by atoms with Gasteiger partial charge in [-0.2, -0.15) is 0 Å². The Morgan fingerprint density at radius 3 is 2.60 bits per heavy atom. The lowest BCUT2D eigenvalue weighted by Crippen LogP contribution is -2.28. The first-order valence-electron chi connectivity index (χ1n) is 9.79. The lowest BCUT2D eigenvalue weighted by atomic mass is 10.0. The van der Waals surface area contributed by atoms with Crippen molar-refractivity contribution in [2.45, 2.75) is 25.9 Å². The molecule has 4 aromatic rings. The Bertz CT molecular complexity index is 1190. The van der Waals surface area contributed by atoms with Crippen molar-refractivity contribution >= 4 is 16.9 Å². The molecule has 4 nitrogen and oxygen atoms in total. The van der Waals surface area contributed by atoms with Crippen LogP contribution in [0.25, 0.3) is 11.0 Å². The fourth-order valence-corrected chi connectivity index (χ4v) is 3.51. The van der Waals surface area contributed by atoms with Crippen molar-refractivity contribution in [3.05, 3.63) is 101 Å². The summed E-state index contributed by atoms with van der Waals surface area (Å²) < 4.78 is 28.9. The molecule has 6 heteroatoms. The molecule has 0 unspecified atom stereocenters. The molecule has 4 rings (SSSR count). The predicted molar refractivity (Wildman–Crippen MR) is 112 cm³/mol. The van der Waals surface area contributed by atoms with Crippen molar-refractivity contribution in [2.75, 3.05) is 0 Å². The SMILES string of the molecule is CC[C@@H](NC(=O)c1ccc2c(c1)ncn2Cc1ccc(F)cc1F)c1ccccc1. The lowest BCUT2D eigenvalue weighted by molar-refractivity contribution is 0.0935. The minimum absolute atomic E-state index is 0.0756. The molecule has 1 heterocycles. The van der Waals surface area contributed by atoms with Gasteiger partial charge in [0.1, 0.15) is 11.6 Å². The average Bonchev–Trinajstić information content (AvgIpc) is 3.16. The molecule has 0 aliphatic rings. The summed E-state index contributed by atoms with van der Waals surface area (Å²) in [6, 6.07) is 18.5. The summed E-state index contributed by atoms with van der Waals surface area (Å²) in [7, 11) is 0. The van der Waals surface area contributed by atoms with Gasteiger partial charge in [0.2, 0.25) is 0 Å². The molecule has 30 heavy (non-hydrogen) atoms. The van der Waals surface area contributed by atoms with Crippen LogP contribution in [0.15, 0.2) is 73.1 Å². The van der Waals surface area contributed by atoms with E-state index in [4.69, 9.17) is 0 Å². The van der Waals surface area contributed by atoms with Crippen LogP contribution in [-0.4, -0.2) is 15.5 Å². The number of imidazole rings is 1. The van der Waals surface area contributed by atoms with E-state index < -0.39 is 11.6 Å². The van der Waals surface area contributed by atoms with Crippen molar-refractivity contribution in [3.8, 4) is 0 Å². The number of hydrogen-bond acceptors (Lipinski definition) is 2. The minimum Gasteiger partial charge on any atom is -0.345 e. The third-order valence-corrected chi connectivity index (χ3v) is 5.15. The number of benzene rings is 3. The van der Waals surface area contributed by atoms with Gasteiger partial charge in [-0.15, -0.1) is 0 Å². The van der Waals surface area contributed by atoms with Crippen molar-refractivity contribution in [3.63, 3.8) is 0 Å². The standard InChI is InChI=1S/C24H21F2N3O/c1-2-21(16-6-4-3-5-7-16)28-24(30)17-9-11-23-22(12-17)27-15-29(23)14-18-8-10-19(25)13-20(18)26/h3-13,15,21H,2,14H2,1H3,(H,28,30)/t21-/m1/s1. The first-order chi connectivity index (χ1) is 14.5. The van der Waals surface area contributed by atoms with E-state index in [0.717, 1.165) is 23.6 Å². The average molecular weight is 405 g/mol. The summed E-state index contributed by atoms with van der Waals surface area (Å²) in [5, 5.41) is 3.06. The van der Waals surface area contributed by atoms with E-state index in [1.807, 2.05) is 37.3 Å². The molecule has 1 atom stereocenters. The molecule has 0 aliphatic carbocycles. The molecule has 0 saturated carbocycles. The molecule has 1 amide bonds. The maximum absolute atomic E-state index is 14.0. The lowest BCUT2D eigenvalue weighted by Gasteiger charge is -2.17. The Labute approximate surface area is 173 Å². The van der Waals surface area contributed by atoms with Gasteiger partial charge < -0.3 is 9.88 Å². The predicted octanol–water partition coefficient (Wildman–Crippen LogP) is 5.24. The van der Waals surface area contributed by atoms with Crippen LogP contribution in [0.5, 0.6) is 0 Å². The summed E-state index contributed by atoms with van der Waals surface area (Å²) in [5.41, 5.74) is 3.34. The molecule has 0 saturated heterocycles. The number of nitrogens with one attached hydrogen (secondary N) is 1. The van der Waals surface area contributed by atoms with Crippen LogP contribution in [0.4, 0.5) is 8.78 Å². The van der Waals surface area contributed by atoms with Crippen molar-refractivity contribution in [1.82, 2.24) is 14.9 Å². The maximum Gasteiger partial charge on any atom is 0.251 e. The number of nitrogens with zero attached hydrogens (tertiary/aromatic N) is 2. The van der Waals surface area contributed by atoms with Crippen LogP contribution >= 0.6 is 0 Å². The summed E-state index contributed by atoms with van der Waals surface area (Å²) >= 11 is 0.